The summed E-state index contributed by atoms with van der Waals surface area (Å²) in [6, 6.07) is 7.58. The molecule has 1 heterocycles. The molecule has 0 bridgehead atoms. The van der Waals surface area contributed by atoms with E-state index in [-0.39, 0.29) is 5.91 Å². The van der Waals surface area contributed by atoms with Gasteiger partial charge in [-0.25, -0.2) is 0 Å². The zero-order valence-electron chi connectivity index (χ0n) is 22.2. The molecule has 1 aliphatic heterocycles. The van der Waals surface area contributed by atoms with Crippen LogP contribution in [-0.4, -0.2) is 51.2 Å². The highest BCUT2D eigenvalue weighted by Gasteiger charge is 2.16. The Balaban J connectivity index is 0.00000258. The van der Waals surface area contributed by atoms with E-state index < -0.39 is 0 Å². The number of benzene rings is 1. The van der Waals surface area contributed by atoms with E-state index in [1.165, 1.54) is 6.08 Å². The predicted octanol–water partition coefficient (Wildman–Crippen LogP) is 6.56. The smallest absolute Gasteiger partial charge is 0.254 e. The Morgan fingerprint density at radius 3 is 2.38 bits per heavy atom. The van der Waals surface area contributed by atoms with Crippen molar-refractivity contribution in [1.29, 1.82) is 0 Å². The molecule has 2 rings (SSSR count). The van der Waals surface area contributed by atoms with Gasteiger partial charge in [0.1, 0.15) is 24.7 Å². The summed E-state index contributed by atoms with van der Waals surface area (Å²) in [6.07, 6.45) is 13.9. The first-order valence-electron chi connectivity index (χ1n) is 12.2. The van der Waals surface area contributed by atoms with Crippen molar-refractivity contribution >= 4 is 11.6 Å². The summed E-state index contributed by atoms with van der Waals surface area (Å²) in [5.74, 6) is 1.24. The number of carbonyl (C=O) groups excluding carboxylic acids is 1. The van der Waals surface area contributed by atoms with E-state index in [0.717, 1.165) is 30.0 Å². The van der Waals surface area contributed by atoms with Crippen LogP contribution < -0.4 is 9.64 Å². The molecule has 0 N–H and O–H groups in total. The number of anilines is 1. The quantitative estimate of drug-likeness (QED) is 0.345. The molecule has 0 saturated heterocycles. The molecule has 1 aromatic rings. The molecule has 5 nitrogen and oxygen atoms in total. The van der Waals surface area contributed by atoms with E-state index in [4.69, 9.17) is 9.47 Å². The molecule has 1 amide bonds. The normalized spacial score (nSPS) is 13.4. The number of ether oxygens (including phenoxy) is 2. The number of amides is 1. The van der Waals surface area contributed by atoms with Gasteiger partial charge < -0.3 is 19.3 Å². The Bertz CT molecular complexity index is 818. The van der Waals surface area contributed by atoms with Crippen molar-refractivity contribution in [3.8, 4) is 5.75 Å². The van der Waals surface area contributed by atoms with E-state index in [0.29, 0.717) is 25.5 Å². The van der Waals surface area contributed by atoms with Crippen molar-refractivity contribution < 1.29 is 14.3 Å². The number of allylic oxidation sites excluding steroid dienone is 4. The molecule has 0 aliphatic carbocycles. The highest BCUT2D eigenvalue weighted by molar-refractivity contribution is 6.02. The Morgan fingerprint density at radius 2 is 1.79 bits per heavy atom. The van der Waals surface area contributed by atoms with Crippen LogP contribution in [-0.2, 0) is 9.53 Å². The lowest BCUT2D eigenvalue weighted by atomic mass is 10.2. The van der Waals surface area contributed by atoms with Gasteiger partial charge in [0.2, 0.25) is 0 Å². The van der Waals surface area contributed by atoms with Gasteiger partial charge in [0.05, 0.1) is 0 Å². The fourth-order valence-electron chi connectivity index (χ4n) is 2.80. The van der Waals surface area contributed by atoms with Gasteiger partial charge >= 0.3 is 0 Å². The van der Waals surface area contributed by atoms with Crippen LogP contribution in [0, 0.1) is 0 Å². The minimum Gasteiger partial charge on any atom is -0.492 e. The van der Waals surface area contributed by atoms with Crippen molar-refractivity contribution in [3.63, 3.8) is 0 Å². The van der Waals surface area contributed by atoms with E-state index in [1.54, 1.807) is 11.0 Å². The van der Waals surface area contributed by atoms with Gasteiger partial charge in [-0.05, 0) is 56.4 Å². The van der Waals surface area contributed by atoms with Crippen LogP contribution in [0.4, 0.5) is 5.69 Å². The Hall–Kier alpha value is -3.05. The second-order valence-electron chi connectivity index (χ2n) is 7.11. The lowest BCUT2D eigenvalue weighted by Crippen LogP contribution is -2.28. The maximum absolute atomic E-state index is 12.8. The standard InChI is InChI=1S/C25H32N2O3.2C2H6/c1-5-7-10-21(9-6-2)20-30-24-11-8-16-27(25(28)19-24)22-12-14-23(15-13-22)29-18-17-26(3)4;2*1-2/h5,7-15,19H,1,6,16-18,20H2,2-4H3;2*1-2H3/b10-7-,21-9+;;. The third kappa shape index (κ3) is 12.3. The molecule has 5 heteroatoms. The fourth-order valence-corrected chi connectivity index (χ4v) is 2.80. The zero-order chi connectivity index (χ0) is 25.8. The topological polar surface area (TPSA) is 42.0 Å². The number of rotatable bonds is 11. The third-order valence-corrected chi connectivity index (χ3v) is 4.38. The molecule has 0 unspecified atom stereocenters. The Labute approximate surface area is 207 Å². The van der Waals surface area contributed by atoms with Crippen LogP contribution in [0.25, 0.3) is 0 Å². The maximum atomic E-state index is 12.8. The van der Waals surface area contributed by atoms with E-state index in [1.807, 2.05) is 90.4 Å². The third-order valence-electron chi connectivity index (χ3n) is 4.38. The van der Waals surface area contributed by atoms with Crippen molar-refractivity contribution in [2.75, 3.05) is 45.3 Å². The van der Waals surface area contributed by atoms with Crippen molar-refractivity contribution in [3.05, 3.63) is 84.7 Å². The average Bonchev–Trinajstić information content (AvgIpc) is 3.04. The van der Waals surface area contributed by atoms with Crippen molar-refractivity contribution in [1.82, 2.24) is 4.90 Å². The largest absolute Gasteiger partial charge is 0.492 e. The van der Waals surface area contributed by atoms with Crippen LogP contribution >= 0.6 is 0 Å². The summed E-state index contributed by atoms with van der Waals surface area (Å²) in [7, 11) is 4.02. The molecule has 0 atom stereocenters. The summed E-state index contributed by atoms with van der Waals surface area (Å²) < 4.78 is 11.6. The first-order chi connectivity index (χ1) is 16.5. The zero-order valence-corrected chi connectivity index (χ0v) is 22.2. The average molecular weight is 469 g/mol. The molecule has 188 valence electrons. The fraction of sp³-hybridized carbons (Fsp3) is 0.414. The maximum Gasteiger partial charge on any atom is 0.254 e. The van der Waals surface area contributed by atoms with Gasteiger partial charge in [0.25, 0.3) is 5.91 Å². The summed E-state index contributed by atoms with van der Waals surface area (Å²) in [5.41, 5.74) is 1.87. The first-order valence-corrected chi connectivity index (χ1v) is 12.2. The number of hydrogen-bond acceptors (Lipinski definition) is 4. The summed E-state index contributed by atoms with van der Waals surface area (Å²) in [5, 5.41) is 0. The van der Waals surface area contributed by atoms with E-state index in [9.17, 15) is 4.79 Å². The van der Waals surface area contributed by atoms with Crippen LogP contribution in [0.1, 0.15) is 41.0 Å². The number of likely N-dealkylation sites (N-methyl/N-ethyl adjacent to an activating group) is 1. The molecule has 0 saturated carbocycles. The van der Waals surface area contributed by atoms with Gasteiger partial charge in [0, 0.05) is 24.9 Å². The van der Waals surface area contributed by atoms with E-state index >= 15 is 0 Å². The van der Waals surface area contributed by atoms with Gasteiger partial charge in [-0.1, -0.05) is 71.6 Å². The molecule has 0 fully saturated rings. The van der Waals surface area contributed by atoms with Crippen LogP contribution in [0.3, 0.4) is 0 Å². The van der Waals surface area contributed by atoms with Crippen LogP contribution in [0.15, 0.2) is 84.7 Å². The molecular formula is C29H44N2O3. The van der Waals surface area contributed by atoms with E-state index in [2.05, 4.69) is 24.5 Å². The van der Waals surface area contributed by atoms with Gasteiger partial charge in [-0.15, -0.1) is 0 Å². The number of carbonyl (C=O) groups is 1. The van der Waals surface area contributed by atoms with Crippen molar-refractivity contribution in [2.45, 2.75) is 41.0 Å². The second-order valence-corrected chi connectivity index (χ2v) is 7.11. The van der Waals surface area contributed by atoms with Gasteiger partial charge in [-0.3, -0.25) is 4.79 Å². The molecule has 1 aromatic carbocycles. The minimum absolute atomic E-state index is 0.112. The summed E-state index contributed by atoms with van der Waals surface area (Å²) in [4.78, 5) is 16.5. The number of hydrogen-bond donors (Lipinski definition) is 0. The highest BCUT2D eigenvalue weighted by Crippen LogP contribution is 2.22. The van der Waals surface area contributed by atoms with Gasteiger partial charge in [0.15, 0.2) is 0 Å². The monoisotopic (exact) mass is 468 g/mol. The van der Waals surface area contributed by atoms with Gasteiger partial charge in [-0.2, -0.15) is 0 Å². The van der Waals surface area contributed by atoms with Crippen LogP contribution in [0.2, 0.25) is 0 Å². The lowest BCUT2D eigenvalue weighted by Gasteiger charge is -2.19. The second kappa shape index (κ2) is 19.4. The number of nitrogens with zero attached hydrogens (tertiary/aromatic N) is 2. The predicted molar refractivity (Wildman–Crippen MR) is 146 cm³/mol. The SMILES string of the molecule is C=C/C=C\C(=C/CC)COC1=CC(=O)N(c2ccc(OCCN(C)C)cc2)CC=C1.CC.CC. The van der Waals surface area contributed by atoms with Crippen molar-refractivity contribution in [2.24, 2.45) is 0 Å². The molecule has 1 aliphatic rings. The molecule has 0 aromatic heterocycles. The molecule has 0 spiro atoms. The summed E-state index contributed by atoms with van der Waals surface area (Å²) in [6.45, 7) is 16.1. The lowest BCUT2D eigenvalue weighted by molar-refractivity contribution is -0.114. The Morgan fingerprint density at radius 1 is 1.12 bits per heavy atom. The molecule has 34 heavy (non-hydrogen) atoms. The summed E-state index contributed by atoms with van der Waals surface area (Å²) >= 11 is 0. The molecule has 0 radical (unpaired) electrons. The first kappa shape index (κ1) is 31.0. The Kier molecular flexibility index (Phi) is 17.7. The molecular weight excluding hydrogens is 424 g/mol. The highest BCUT2D eigenvalue weighted by atomic mass is 16.5. The minimum atomic E-state index is -0.112. The van der Waals surface area contributed by atoms with Crippen LogP contribution in [0.5, 0.6) is 5.75 Å².